The van der Waals surface area contributed by atoms with Crippen LogP contribution in [0.3, 0.4) is 0 Å². The van der Waals surface area contributed by atoms with Gasteiger partial charge in [-0.3, -0.25) is 0 Å². The summed E-state index contributed by atoms with van der Waals surface area (Å²) in [4.78, 5) is 0.285. The zero-order chi connectivity index (χ0) is 15.6. The third-order valence-electron chi connectivity index (χ3n) is 3.46. The summed E-state index contributed by atoms with van der Waals surface area (Å²) in [5.74, 6) is 0. The smallest absolute Gasteiger partial charge is 0.207 e. The number of hydrogen-bond acceptors (Lipinski definition) is 2. The van der Waals surface area contributed by atoms with Crippen LogP contribution in [0.1, 0.15) is 5.56 Å². The van der Waals surface area contributed by atoms with Gasteiger partial charge >= 0.3 is 0 Å². The van der Waals surface area contributed by atoms with Gasteiger partial charge in [-0.1, -0.05) is 42.5 Å². The molecule has 0 aliphatic rings. The minimum Gasteiger partial charge on any atom is -0.207 e. The highest BCUT2D eigenvalue weighted by Crippen LogP contribution is 2.19. The highest BCUT2D eigenvalue weighted by Gasteiger charge is 2.13. The van der Waals surface area contributed by atoms with Gasteiger partial charge in [0.15, 0.2) is 0 Å². The van der Waals surface area contributed by atoms with E-state index in [0.29, 0.717) is 0 Å². The minimum atomic E-state index is -3.50. The van der Waals surface area contributed by atoms with Crippen LogP contribution in [0, 0.1) is 3.57 Å². The largest absolute Gasteiger partial charge is 0.240 e. The molecule has 22 heavy (non-hydrogen) atoms. The quantitative estimate of drug-likeness (QED) is 0.647. The highest BCUT2D eigenvalue weighted by molar-refractivity contribution is 14.1. The van der Waals surface area contributed by atoms with E-state index in [4.69, 9.17) is 0 Å². The fourth-order valence-corrected chi connectivity index (χ4v) is 3.68. The minimum absolute atomic E-state index is 0.273. The molecule has 0 aromatic heterocycles. The maximum absolute atomic E-state index is 12.3. The fourth-order valence-electron chi connectivity index (χ4n) is 2.32. The number of sulfonamides is 1. The number of benzene rings is 3. The summed E-state index contributed by atoms with van der Waals surface area (Å²) in [5, 5.41) is 2.17. The second-order valence-electron chi connectivity index (χ2n) is 4.92. The van der Waals surface area contributed by atoms with Gasteiger partial charge in [0.05, 0.1) is 4.90 Å². The third kappa shape index (κ3) is 3.31. The van der Waals surface area contributed by atoms with Gasteiger partial charge in [0.2, 0.25) is 10.0 Å². The van der Waals surface area contributed by atoms with Crippen molar-refractivity contribution in [1.82, 2.24) is 4.72 Å². The van der Waals surface area contributed by atoms with Crippen molar-refractivity contribution in [2.24, 2.45) is 0 Å². The highest BCUT2D eigenvalue weighted by atomic mass is 127. The van der Waals surface area contributed by atoms with E-state index in [1.807, 2.05) is 42.5 Å². The first kappa shape index (κ1) is 15.5. The van der Waals surface area contributed by atoms with Gasteiger partial charge in [0.1, 0.15) is 0 Å². The van der Waals surface area contributed by atoms with Gasteiger partial charge in [-0.15, -0.1) is 0 Å². The molecule has 0 saturated carbocycles. The predicted molar refractivity (Wildman–Crippen MR) is 97.1 cm³/mol. The van der Waals surface area contributed by atoms with E-state index in [0.717, 1.165) is 19.9 Å². The summed E-state index contributed by atoms with van der Waals surface area (Å²) in [7, 11) is -3.50. The molecule has 0 fully saturated rings. The van der Waals surface area contributed by atoms with Gasteiger partial charge in [-0.2, -0.15) is 0 Å². The Hall–Kier alpha value is -1.44. The monoisotopic (exact) mass is 423 g/mol. The zero-order valence-electron chi connectivity index (χ0n) is 11.7. The molecule has 112 valence electrons. The Morgan fingerprint density at radius 3 is 2.32 bits per heavy atom. The Labute approximate surface area is 143 Å². The van der Waals surface area contributed by atoms with Crippen LogP contribution in [0.15, 0.2) is 71.6 Å². The first-order valence-electron chi connectivity index (χ1n) is 6.78. The van der Waals surface area contributed by atoms with Crippen LogP contribution in [0.2, 0.25) is 0 Å². The molecule has 3 aromatic carbocycles. The average Bonchev–Trinajstić information content (AvgIpc) is 2.53. The lowest BCUT2D eigenvalue weighted by atomic mass is 10.1. The second kappa shape index (κ2) is 6.36. The number of nitrogens with one attached hydrogen (secondary N) is 1. The molecule has 0 amide bonds. The molecule has 0 heterocycles. The average molecular weight is 423 g/mol. The van der Waals surface area contributed by atoms with Crippen molar-refractivity contribution in [3.63, 3.8) is 0 Å². The topological polar surface area (TPSA) is 46.2 Å². The molecular formula is C17H14INO2S. The molecular weight excluding hydrogens is 409 g/mol. The van der Waals surface area contributed by atoms with Crippen molar-refractivity contribution >= 4 is 43.4 Å². The molecule has 0 spiro atoms. The van der Waals surface area contributed by atoms with E-state index < -0.39 is 10.0 Å². The van der Waals surface area contributed by atoms with Crippen LogP contribution < -0.4 is 4.72 Å². The Kier molecular flexibility index (Phi) is 4.46. The number of halogens is 1. The lowest BCUT2D eigenvalue weighted by Crippen LogP contribution is -2.23. The number of hydrogen-bond donors (Lipinski definition) is 1. The van der Waals surface area contributed by atoms with Gasteiger partial charge in [-0.25, -0.2) is 13.1 Å². The third-order valence-corrected chi connectivity index (χ3v) is 5.59. The SMILES string of the molecule is O=S(=O)(NCc1cccc2ccccc12)c1ccc(I)cc1. The Balaban J connectivity index is 1.86. The summed E-state index contributed by atoms with van der Waals surface area (Å²) in [6.45, 7) is 0.273. The molecule has 3 aromatic rings. The molecule has 5 heteroatoms. The van der Waals surface area contributed by atoms with Crippen molar-refractivity contribution < 1.29 is 8.42 Å². The molecule has 0 aliphatic carbocycles. The van der Waals surface area contributed by atoms with E-state index in [1.54, 1.807) is 24.3 Å². The summed E-state index contributed by atoms with van der Waals surface area (Å²) >= 11 is 2.15. The zero-order valence-corrected chi connectivity index (χ0v) is 14.6. The van der Waals surface area contributed by atoms with E-state index in [-0.39, 0.29) is 11.4 Å². The van der Waals surface area contributed by atoms with E-state index >= 15 is 0 Å². The van der Waals surface area contributed by atoms with Crippen molar-refractivity contribution in [2.75, 3.05) is 0 Å². The normalized spacial score (nSPS) is 11.7. The molecule has 3 nitrogen and oxygen atoms in total. The maximum Gasteiger partial charge on any atom is 0.240 e. The Morgan fingerprint density at radius 2 is 1.55 bits per heavy atom. The van der Waals surface area contributed by atoms with Gasteiger partial charge in [0, 0.05) is 10.1 Å². The first-order valence-corrected chi connectivity index (χ1v) is 9.34. The summed E-state index contributed by atoms with van der Waals surface area (Å²) in [5.41, 5.74) is 0.965. The predicted octanol–water partition coefficient (Wildman–Crippen LogP) is 3.92. The molecule has 0 radical (unpaired) electrons. The van der Waals surface area contributed by atoms with Crippen molar-refractivity contribution in [1.29, 1.82) is 0 Å². The van der Waals surface area contributed by atoms with E-state index in [2.05, 4.69) is 27.3 Å². The lowest BCUT2D eigenvalue weighted by Gasteiger charge is -2.09. The van der Waals surface area contributed by atoms with Crippen LogP contribution in [-0.4, -0.2) is 8.42 Å². The molecule has 0 bridgehead atoms. The van der Waals surface area contributed by atoms with Crippen molar-refractivity contribution in [2.45, 2.75) is 11.4 Å². The van der Waals surface area contributed by atoms with Crippen LogP contribution in [0.25, 0.3) is 10.8 Å². The first-order chi connectivity index (χ1) is 10.6. The van der Waals surface area contributed by atoms with Crippen LogP contribution >= 0.6 is 22.6 Å². The molecule has 3 rings (SSSR count). The van der Waals surface area contributed by atoms with Gasteiger partial charge < -0.3 is 0 Å². The Bertz CT molecular complexity index is 900. The molecule has 0 saturated heterocycles. The summed E-state index contributed by atoms with van der Waals surface area (Å²) < 4.78 is 28.4. The summed E-state index contributed by atoms with van der Waals surface area (Å²) in [6.07, 6.45) is 0. The molecule has 1 N–H and O–H groups in total. The van der Waals surface area contributed by atoms with Crippen LogP contribution in [0.5, 0.6) is 0 Å². The van der Waals surface area contributed by atoms with Crippen molar-refractivity contribution in [3.8, 4) is 0 Å². The molecule has 0 atom stereocenters. The Morgan fingerprint density at radius 1 is 0.864 bits per heavy atom. The fraction of sp³-hybridized carbons (Fsp3) is 0.0588. The lowest BCUT2D eigenvalue weighted by molar-refractivity contribution is 0.581. The standard InChI is InChI=1S/C17H14INO2S/c18-15-8-10-16(11-9-15)22(20,21)19-12-14-6-3-5-13-4-1-2-7-17(13)14/h1-11,19H,12H2. The molecule has 0 unspecified atom stereocenters. The maximum atomic E-state index is 12.3. The van der Waals surface area contributed by atoms with Crippen LogP contribution in [0.4, 0.5) is 0 Å². The van der Waals surface area contributed by atoms with E-state index in [1.165, 1.54) is 0 Å². The number of fused-ring (bicyclic) bond motifs is 1. The summed E-state index contributed by atoms with van der Waals surface area (Å²) in [6, 6.07) is 20.7. The number of rotatable bonds is 4. The molecule has 0 aliphatic heterocycles. The van der Waals surface area contributed by atoms with Crippen LogP contribution in [-0.2, 0) is 16.6 Å². The van der Waals surface area contributed by atoms with Crippen molar-refractivity contribution in [3.05, 3.63) is 75.9 Å². The second-order valence-corrected chi connectivity index (χ2v) is 7.93. The van der Waals surface area contributed by atoms with Gasteiger partial charge in [-0.05, 0) is 63.2 Å². The van der Waals surface area contributed by atoms with Gasteiger partial charge in [0.25, 0.3) is 0 Å². The van der Waals surface area contributed by atoms with E-state index in [9.17, 15) is 8.42 Å².